The number of nitro groups is 2. The summed E-state index contributed by atoms with van der Waals surface area (Å²) < 4.78 is 23.4. The Bertz CT molecular complexity index is 2550. The molecule has 3 aromatic rings. The zero-order valence-electron chi connectivity index (χ0n) is 36.9. The van der Waals surface area contributed by atoms with Crippen LogP contribution in [0.1, 0.15) is 70.0 Å². The lowest BCUT2D eigenvalue weighted by molar-refractivity contribution is -0.393. The third kappa shape index (κ3) is 9.57. The molecule has 6 rings (SSSR count). The first-order chi connectivity index (χ1) is 30.5. The van der Waals surface area contributed by atoms with E-state index in [4.69, 9.17) is 18.9 Å². The van der Waals surface area contributed by atoms with Gasteiger partial charge in [0.05, 0.1) is 68.9 Å². The molecule has 0 aromatic heterocycles. The SMILES string of the molecule is CO[C@@H]1C=CO[C@@]2(C)Oc3c(C)c(O)c4c(O)c(c(C=NNc5ccc([N+](=O)[O-])cc5[N+](=O)[O-])c(O)c4c3C2=O)NC(=O)C(C)=CC=C[C@H](C)[C@H](O)[C@H](C)[C@H](O)[C@H](C)[C@@H](OC(C)=O)[C@H]1C. The van der Waals surface area contributed by atoms with E-state index < -0.39 is 132 Å². The van der Waals surface area contributed by atoms with E-state index in [9.17, 15) is 60.1 Å². The number of hydrogen-bond donors (Lipinski definition) is 7. The number of phenols is 3. The predicted octanol–water partition coefficient (Wildman–Crippen LogP) is 6.02. The molecule has 5 bridgehead atoms. The number of carbonyl (C=O) groups is 3. The largest absolute Gasteiger partial charge is 0.507 e. The molecule has 0 saturated heterocycles. The number of nitrogens with one attached hydrogen (secondary N) is 2. The van der Waals surface area contributed by atoms with Crippen LogP contribution >= 0.6 is 0 Å². The summed E-state index contributed by atoms with van der Waals surface area (Å²) in [7, 11) is 1.38. The van der Waals surface area contributed by atoms with Gasteiger partial charge in [-0.15, -0.1) is 0 Å². The number of benzene rings is 3. The van der Waals surface area contributed by atoms with E-state index in [-0.39, 0.29) is 28.1 Å². The normalized spacial score (nSPS) is 26.4. The number of non-ortho nitro benzene ring substituents is 1. The number of esters is 1. The van der Waals surface area contributed by atoms with Gasteiger partial charge in [0.15, 0.2) is 5.75 Å². The second-order valence-corrected chi connectivity index (χ2v) is 16.2. The van der Waals surface area contributed by atoms with Crippen molar-refractivity contribution in [3.8, 4) is 23.0 Å². The van der Waals surface area contributed by atoms with Gasteiger partial charge in [-0.3, -0.25) is 40.0 Å². The zero-order chi connectivity index (χ0) is 48.4. The number of allylic oxidation sites excluding steroid dienone is 2. The van der Waals surface area contributed by atoms with Crippen molar-refractivity contribution in [3.05, 3.63) is 91.3 Å². The summed E-state index contributed by atoms with van der Waals surface area (Å²) in [6.07, 6.45) is 3.63. The van der Waals surface area contributed by atoms with Crippen molar-refractivity contribution in [1.29, 1.82) is 0 Å². The summed E-state index contributed by atoms with van der Waals surface area (Å²) in [5.74, 6) is -9.97. The number of ketones is 1. The molecule has 3 heterocycles. The van der Waals surface area contributed by atoms with Crippen LogP contribution in [0, 0.1) is 50.8 Å². The molecule has 0 fully saturated rings. The number of Topliss-reactive ketones (excluding diaryl/α,β-unsaturated/α-hetero) is 1. The number of ether oxygens (including phenoxy) is 4. The molecule has 21 nitrogen and oxygen atoms in total. The van der Waals surface area contributed by atoms with E-state index in [1.807, 2.05) is 0 Å². The molecule has 7 N–H and O–H groups in total. The highest BCUT2D eigenvalue weighted by Gasteiger charge is 2.50. The van der Waals surface area contributed by atoms with Crippen LogP contribution in [0.4, 0.5) is 22.7 Å². The number of aliphatic hydroxyl groups is 2. The van der Waals surface area contributed by atoms with E-state index in [1.165, 1.54) is 53.0 Å². The van der Waals surface area contributed by atoms with Gasteiger partial charge in [0.25, 0.3) is 17.4 Å². The second-order valence-electron chi connectivity index (χ2n) is 16.2. The van der Waals surface area contributed by atoms with Crippen LogP contribution in [0.3, 0.4) is 0 Å². The number of anilines is 2. The van der Waals surface area contributed by atoms with Crippen LogP contribution in [0.15, 0.2) is 59.4 Å². The average molecular weight is 906 g/mol. The van der Waals surface area contributed by atoms with Crippen molar-refractivity contribution in [3.63, 3.8) is 0 Å². The lowest BCUT2D eigenvalue weighted by Crippen LogP contribution is -2.46. The minimum absolute atomic E-state index is 0.0189. The number of hydrogen-bond acceptors (Lipinski definition) is 18. The minimum atomic E-state index is -2.18. The Balaban J connectivity index is 1.73. The molecule has 65 heavy (non-hydrogen) atoms. The Labute approximate surface area is 371 Å². The monoisotopic (exact) mass is 905 g/mol. The van der Waals surface area contributed by atoms with Gasteiger partial charge in [0.2, 0.25) is 0 Å². The first-order valence-corrected chi connectivity index (χ1v) is 20.3. The Hall–Kier alpha value is -7.10. The topological polar surface area (TPSA) is 312 Å². The number of aliphatic hydroxyl groups excluding tert-OH is 2. The molecular formula is C44H51N5O16. The third-order valence-electron chi connectivity index (χ3n) is 11.8. The molecule has 9 atom stereocenters. The van der Waals surface area contributed by atoms with E-state index in [1.54, 1.807) is 33.8 Å². The number of carbonyl (C=O) groups excluding carboxylic acids is 3. The molecule has 1 amide bonds. The molecule has 0 spiro atoms. The number of hydrazone groups is 1. The van der Waals surface area contributed by atoms with Crippen LogP contribution < -0.4 is 15.5 Å². The number of aromatic hydroxyl groups is 3. The molecule has 3 aromatic carbocycles. The molecule has 0 aliphatic carbocycles. The predicted molar refractivity (Wildman–Crippen MR) is 235 cm³/mol. The van der Waals surface area contributed by atoms with Crippen LogP contribution in [-0.2, 0) is 23.8 Å². The Morgan fingerprint density at radius 3 is 2.25 bits per heavy atom. The summed E-state index contributed by atoms with van der Waals surface area (Å²) in [5, 5.41) is 87.0. The van der Waals surface area contributed by atoms with Gasteiger partial charge >= 0.3 is 17.4 Å². The maximum atomic E-state index is 14.5. The van der Waals surface area contributed by atoms with Crippen LogP contribution in [0.5, 0.6) is 23.0 Å². The van der Waals surface area contributed by atoms with Crippen molar-refractivity contribution in [2.24, 2.45) is 28.8 Å². The number of nitrogens with zero attached hydrogens (tertiary/aromatic N) is 3. The maximum Gasteiger partial charge on any atom is 0.312 e. The fraction of sp³-hybridized carbons (Fsp3) is 0.409. The van der Waals surface area contributed by atoms with Crippen molar-refractivity contribution in [1.82, 2.24) is 0 Å². The highest BCUT2D eigenvalue weighted by molar-refractivity contribution is 6.24. The van der Waals surface area contributed by atoms with Gasteiger partial charge in [-0.2, -0.15) is 5.10 Å². The van der Waals surface area contributed by atoms with Crippen LogP contribution in [0.25, 0.3) is 10.8 Å². The van der Waals surface area contributed by atoms with E-state index >= 15 is 0 Å². The van der Waals surface area contributed by atoms with Crippen molar-refractivity contribution in [2.45, 2.75) is 85.6 Å². The van der Waals surface area contributed by atoms with Gasteiger partial charge in [-0.05, 0) is 26.0 Å². The maximum absolute atomic E-state index is 14.5. The summed E-state index contributed by atoms with van der Waals surface area (Å²) >= 11 is 0. The lowest BCUT2D eigenvalue weighted by Gasteiger charge is -2.38. The number of methoxy groups -OCH3 is 1. The Kier molecular flexibility index (Phi) is 14.6. The van der Waals surface area contributed by atoms with Crippen LogP contribution in [0.2, 0.25) is 0 Å². The van der Waals surface area contributed by atoms with Gasteiger partial charge in [0.1, 0.15) is 29.0 Å². The Morgan fingerprint density at radius 1 is 0.954 bits per heavy atom. The lowest BCUT2D eigenvalue weighted by atomic mass is 9.78. The van der Waals surface area contributed by atoms with Crippen molar-refractivity contribution < 1.29 is 68.7 Å². The molecule has 0 unspecified atom stereocenters. The van der Waals surface area contributed by atoms with Gasteiger partial charge in [-0.25, -0.2) is 0 Å². The molecule has 3 aliphatic heterocycles. The number of nitro benzene ring substituents is 2. The second kappa shape index (κ2) is 19.3. The fourth-order valence-electron chi connectivity index (χ4n) is 7.92. The standard InChI is InChI=1S/C44H51N5O16/c1-19-11-10-12-20(2)43(57)46-34-27(18-45-47-28-14-13-26(48(58)59)17-29(28)49(60)61)38(54)31-32(39(34)55)37(53)24(6)41-33(31)42(56)44(8,65-41)63-16-15-30(62-9)21(3)40(64-25(7)50)23(5)36(52)22(4)35(19)51/h10-19,21-23,30,35-36,40,47,51-55H,1-9H3,(H,46,57)/t19-,21-,22-,23-,30+,35-,36-,40-,44-/m0/s1. The molecule has 3 aliphatic rings. The van der Waals surface area contributed by atoms with Gasteiger partial charge < -0.3 is 49.8 Å². The molecule has 0 radical (unpaired) electrons. The summed E-state index contributed by atoms with van der Waals surface area (Å²) in [4.78, 5) is 61.9. The molecule has 348 valence electrons. The minimum Gasteiger partial charge on any atom is -0.507 e. The van der Waals surface area contributed by atoms with E-state index in [2.05, 4.69) is 15.8 Å². The molecule has 0 saturated carbocycles. The first kappa shape index (κ1) is 48.9. The molecule has 21 heteroatoms. The highest BCUT2D eigenvalue weighted by atomic mass is 16.7. The van der Waals surface area contributed by atoms with Crippen molar-refractivity contribution in [2.75, 3.05) is 17.9 Å². The number of fused-ring (bicyclic) bond motifs is 14. The third-order valence-corrected chi connectivity index (χ3v) is 11.8. The van der Waals surface area contributed by atoms with Crippen LogP contribution in [-0.4, -0.2) is 96.6 Å². The quantitative estimate of drug-likeness (QED) is 0.0356. The smallest absolute Gasteiger partial charge is 0.312 e. The fourth-order valence-corrected chi connectivity index (χ4v) is 7.92. The average Bonchev–Trinajstić information content (AvgIpc) is 3.52. The van der Waals surface area contributed by atoms with Gasteiger partial charge in [0, 0.05) is 67.2 Å². The van der Waals surface area contributed by atoms with Crippen molar-refractivity contribution >= 4 is 57.4 Å². The zero-order valence-corrected chi connectivity index (χ0v) is 36.9. The number of phenolic OH excluding ortho intramolecular Hbond substituents is 3. The summed E-state index contributed by atoms with van der Waals surface area (Å²) in [6, 6.07) is 2.68. The Morgan fingerprint density at radius 2 is 1.63 bits per heavy atom. The number of rotatable bonds is 7. The summed E-state index contributed by atoms with van der Waals surface area (Å²) in [6.45, 7) is 11.9. The van der Waals surface area contributed by atoms with E-state index in [0.717, 1.165) is 24.6 Å². The van der Waals surface area contributed by atoms with Gasteiger partial charge in [-0.1, -0.05) is 45.9 Å². The number of amides is 1. The molecular weight excluding hydrogens is 855 g/mol. The van der Waals surface area contributed by atoms with E-state index in [0.29, 0.717) is 6.07 Å². The highest BCUT2D eigenvalue weighted by Crippen LogP contribution is 2.55. The summed E-state index contributed by atoms with van der Waals surface area (Å²) in [5.41, 5.74) is -0.722. The first-order valence-electron chi connectivity index (χ1n) is 20.3.